The number of aryl methyl sites for hydroxylation is 1. The van der Waals surface area contributed by atoms with Crippen LogP contribution in [-0.2, 0) is 27.0 Å². The summed E-state index contributed by atoms with van der Waals surface area (Å²) in [6.07, 6.45) is -1.86. The lowest BCUT2D eigenvalue weighted by Crippen LogP contribution is -2.60. The molecule has 0 radical (unpaired) electrons. The van der Waals surface area contributed by atoms with Crippen LogP contribution in [-0.4, -0.2) is 82.0 Å². The van der Waals surface area contributed by atoms with E-state index >= 15 is 0 Å². The molecule has 11 nitrogen and oxygen atoms in total. The fourth-order valence-corrected chi connectivity index (χ4v) is 6.03. The van der Waals surface area contributed by atoms with Crippen molar-refractivity contribution >= 4 is 40.8 Å². The van der Waals surface area contributed by atoms with E-state index in [0.29, 0.717) is 19.3 Å². The topological polar surface area (TPSA) is 164 Å². The number of Topliss-reactive ketones (excluding diaryl/α,β-unsaturated/α-hetero) is 1. The molecule has 5 N–H and O–H groups in total. The van der Waals surface area contributed by atoms with Crippen molar-refractivity contribution in [1.82, 2.24) is 20.1 Å². The zero-order valence-electron chi connectivity index (χ0n) is 22.7. The number of aromatic nitrogens is 1. The van der Waals surface area contributed by atoms with Gasteiger partial charge in [-0.25, -0.2) is 4.98 Å². The fourth-order valence-electron chi connectivity index (χ4n) is 5.40. The summed E-state index contributed by atoms with van der Waals surface area (Å²) in [5.74, 6) is -1.77. The Labute approximate surface area is 244 Å². The van der Waals surface area contributed by atoms with Gasteiger partial charge in [0, 0.05) is 31.1 Å². The van der Waals surface area contributed by atoms with Gasteiger partial charge < -0.3 is 26.6 Å². The summed E-state index contributed by atoms with van der Waals surface area (Å²) in [6, 6.07) is 2.97. The molecule has 3 amide bonds. The molecule has 1 aromatic carbocycles. The van der Waals surface area contributed by atoms with Crippen LogP contribution < -0.4 is 16.8 Å². The molecule has 226 valence electrons. The Morgan fingerprint density at radius 2 is 1.95 bits per heavy atom. The number of carbonyl (C=O) groups excluding carboxylic acids is 4. The summed E-state index contributed by atoms with van der Waals surface area (Å²) in [6.45, 7) is 0.164. The van der Waals surface area contributed by atoms with Crippen LogP contribution in [0.3, 0.4) is 0 Å². The van der Waals surface area contributed by atoms with Gasteiger partial charge in [-0.2, -0.15) is 13.2 Å². The minimum absolute atomic E-state index is 0.0149. The first kappa shape index (κ1) is 30.9. The predicted molar refractivity (Wildman–Crippen MR) is 148 cm³/mol. The van der Waals surface area contributed by atoms with Gasteiger partial charge in [0.05, 0.1) is 24.2 Å². The number of alkyl halides is 3. The molecule has 15 heteroatoms. The van der Waals surface area contributed by atoms with Crippen LogP contribution in [0.4, 0.5) is 13.2 Å². The highest BCUT2D eigenvalue weighted by Crippen LogP contribution is 2.33. The minimum atomic E-state index is -4.53. The average molecular weight is 608 g/mol. The zero-order chi connectivity index (χ0) is 30.4. The summed E-state index contributed by atoms with van der Waals surface area (Å²) < 4.78 is 39.9. The fraction of sp³-hybridized carbons (Fsp3) is 0.481. The van der Waals surface area contributed by atoms with Gasteiger partial charge in [0.25, 0.3) is 0 Å². The quantitative estimate of drug-likeness (QED) is 0.152. The van der Waals surface area contributed by atoms with Gasteiger partial charge in [0.1, 0.15) is 6.04 Å². The Morgan fingerprint density at radius 1 is 1.19 bits per heavy atom. The number of halogens is 3. The summed E-state index contributed by atoms with van der Waals surface area (Å²) in [5, 5.41) is 4.68. The number of hydrogen-bond acceptors (Lipinski definition) is 7. The average Bonchev–Trinajstić information content (AvgIpc) is 3.63. The van der Waals surface area contributed by atoms with E-state index in [1.807, 2.05) is 0 Å². The van der Waals surface area contributed by atoms with Gasteiger partial charge >= 0.3 is 6.18 Å². The molecule has 0 saturated carbocycles. The Morgan fingerprint density at radius 3 is 2.64 bits per heavy atom. The van der Waals surface area contributed by atoms with Crippen molar-refractivity contribution in [2.75, 3.05) is 19.6 Å². The smallest absolute Gasteiger partial charge is 0.370 e. The largest absolute Gasteiger partial charge is 0.416 e. The molecule has 0 aliphatic carbocycles. The molecule has 2 aliphatic rings. The van der Waals surface area contributed by atoms with Crippen LogP contribution in [0.5, 0.6) is 0 Å². The Balaban J connectivity index is 1.37. The number of nitrogens with two attached hydrogens (primary N) is 2. The van der Waals surface area contributed by atoms with E-state index in [1.54, 1.807) is 5.38 Å². The number of ketones is 1. The lowest BCUT2D eigenvalue weighted by Gasteiger charge is -2.39. The van der Waals surface area contributed by atoms with Crippen LogP contribution in [0.2, 0.25) is 0 Å². The second kappa shape index (κ2) is 13.3. The van der Waals surface area contributed by atoms with Crippen molar-refractivity contribution < 1.29 is 32.3 Å². The summed E-state index contributed by atoms with van der Waals surface area (Å²) >= 11 is 1.15. The number of nitrogens with one attached hydrogen (secondary N) is 1. The number of piperazine rings is 1. The van der Waals surface area contributed by atoms with E-state index in [4.69, 9.17) is 11.5 Å². The van der Waals surface area contributed by atoms with Crippen molar-refractivity contribution in [3.05, 3.63) is 52.0 Å². The number of rotatable bonds is 11. The van der Waals surface area contributed by atoms with Gasteiger partial charge in [-0.3, -0.25) is 24.2 Å². The first-order valence-corrected chi connectivity index (χ1v) is 14.4. The molecule has 4 rings (SSSR count). The molecule has 2 fully saturated rings. The third-order valence-corrected chi connectivity index (χ3v) is 8.14. The second-order valence-corrected chi connectivity index (χ2v) is 11.1. The maximum atomic E-state index is 13.3. The number of benzene rings is 1. The van der Waals surface area contributed by atoms with Gasteiger partial charge in [-0.1, -0.05) is 18.2 Å². The molecule has 3 heterocycles. The first-order chi connectivity index (χ1) is 20.0. The highest BCUT2D eigenvalue weighted by Gasteiger charge is 2.46. The molecule has 0 spiro atoms. The molecule has 2 aliphatic heterocycles. The van der Waals surface area contributed by atoms with Crippen LogP contribution in [0, 0.1) is 0 Å². The van der Waals surface area contributed by atoms with Gasteiger partial charge in [-0.05, 0) is 43.7 Å². The minimum Gasteiger partial charge on any atom is -0.370 e. The number of thiazole rings is 1. The SMILES string of the molecule is NC(N)=NCCCC(NC(=O)[C@@H]1CC[C@H]2CN(C(=O)CCc3ccccc3C(F)(F)F)CC(=O)N21)C(=O)c1nccs1. The van der Waals surface area contributed by atoms with E-state index in [-0.39, 0.29) is 61.2 Å². The van der Waals surface area contributed by atoms with Crippen molar-refractivity contribution in [3.8, 4) is 0 Å². The number of nitrogens with zero attached hydrogens (tertiary/aromatic N) is 4. The van der Waals surface area contributed by atoms with Crippen LogP contribution in [0.25, 0.3) is 0 Å². The molecule has 42 heavy (non-hydrogen) atoms. The zero-order valence-corrected chi connectivity index (χ0v) is 23.5. The molecular weight excluding hydrogens is 575 g/mol. The van der Waals surface area contributed by atoms with E-state index in [1.165, 1.54) is 34.2 Å². The molecule has 0 bridgehead atoms. The molecular formula is C27H32F3N7O4S. The van der Waals surface area contributed by atoms with Gasteiger partial charge in [0.2, 0.25) is 23.5 Å². The summed E-state index contributed by atoms with van der Waals surface area (Å²) in [7, 11) is 0. The van der Waals surface area contributed by atoms with Crippen molar-refractivity contribution in [2.45, 2.75) is 62.8 Å². The highest BCUT2D eigenvalue weighted by atomic mass is 32.1. The van der Waals surface area contributed by atoms with Crippen LogP contribution >= 0.6 is 11.3 Å². The lowest BCUT2D eigenvalue weighted by atomic mass is 10.0. The van der Waals surface area contributed by atoms with Gasteiger partial charge in [0.15, 0.2) is 11.0 Å². The maximum absolute atomic E-state index is 13.3. The first-order valence-electron chi connectivity index (χ1n) is 13.5. The lowest BCUT2D eigenvalue weighted by molar-refractivity contribution is -0.151. The molecule has 2 saturated heterocycles. The molecule has 3 atom stereocenters. The van der Waals surface area contributed by atoms with Crippen LogP contribution in [0.1, 0.15) is 53.0 Å². The third-order valence-electron chi connectivity index (χ3n) is 7.36. The van der Waals surface area contributed by atoms with E-state index in [0.717, 1.165) is 17.4 Å². The molecule has 2 aromatic rings. The summed E-state index contributed by atoms with van der Waals surface area (Å²) in [4.78, 5) is 63.2. The molecule has 1 unspecified atom stereocenters. The number of aliphatic imine (C=N–C) groups is 1. The third kappa shape index (κ3) is 7.43. The van der Waals surface area contributed by atoms with Crippen molar-refractivity contribution in [1.29, 1.82) is 0 Å². The van der Waals surface area contributed by atoms with E-state index in [2.05, 4.69) is 15.3 Å². The highest BCUT2D eigenvalue weighted by molar-refractivity contribution is 7.11. The van der Waals surface area contributed by atoms with Crippen molar-refractivity contribution in [2.24, 2.45) is 16.5 Å². The van der Waals surface area contributed by atoms with E-state index in [9.17, 15) is 32.3 Å². The predicted octanol–water partition coefficient (Wildman–Crippen LogP) is 1.72. The van der Waals surface area contributed by atoms with E-state index < -0.39 is 47.6 Å². The second-order valence-electron chi connectivity index (χ2n) is 10.2. The normalized spacial score (nSPS) is 19.3. The molecule has 1 aromatic heterocycles. The standard InChI is InChI=1S/C27H32F3N7O4S/c28-27(29,30)18-5-2-1-4-16(18)7-10-21(38)36-14-17-8-9-20(37(17)22(39)15-36)24(41)35-19(6-3-11-34-26(31)32)23(40)25-33-12-13-42-25/h1-2,4-5,12-13,17,19-20H,3,6-11,14-15H2,(H,35,41)(H4,31,32,34)/t17-,19?,20-/m0/s1. The number of amides is 3. The number of carbonyl (C=O) groups is 4. The number of hydrogen-bond donors (Lipinski definition) is 3. The Kier molecular flexibility index (Phi) is 9.81. The van der Waals surface area contributed by atoms with Crippen molar-refractivity contribution in [3.63, 3.8) is 0 Å². The Bertz CT molecular complexity index is 1330. The Hall–Kier alpha value is -4.01. The maximum Gasteiger partial charge on any atom is 0.416 e. The van der Waals surface area contributed by atoms with Crippen LogP contribution in [0.15, 0.2) is 40.8 Å². The monoisotopic (exact) mass is 607 g/mol. The number of guanidine groups is 1. The number of fused-ring (bicyclic) bond motifs is 1. The summed E-state index contributed by atoms with van der Waals surface area (Å²) in [5.41, 5.74) is 9.95. The van der Waals surface area contributed by atoms with Gasteiger partial charge in [-0.15, -0.1) is 11.3 Å².